The molecule has 2 bridgehead atoms. The molecule has 1 N–H and O–H groups in total. The zero-order valence-corrected chi connectivity index (χ0v) is 10.7. The summed E-state index contributed by atoms with van der Waals surface area (Å²) in [7, 11) is 0. The van der Waals surface area contributed by atoms with E-state index in [9.17, 15) is 0 Å². The Hall–Kier alpha value is -0.120. The molecule has 2 fully saturated rings. The standard InChI is InChI=1S/C13H26N2O/c1-3-5-11(14-4-2)8-15-9-12-6-7-13(10-15)16-12/h11-14H,3-10H2,1-2H3. The maximum absolute atomic E-state index is 5.87. The van der Waals surface area contributed by atoms with Gasteiger partial charge in [-0.25, -0.2) is 0 Å². The number of morpholine rings is 1. The molecule has 2 saturated heterocycles. The Balaban J connectivity index is 1.78. The predicted molar refractivity (Wildman–Crippen MR) is 66.7 cm³/mol. The van der Waals surface area contributed by atoms with Gasteiger partial charge in [-0.05, 0) is 25.8 Å². The van der Waals surface area contributed by atoms with Gasteiger partial charge in [0, 0.05) is 25.7 Å². The van der Waals surface area contributed by atoms with Crippen LogP contribution in [-0.2, 0) is 4.74 Å². The summed E-state index contributed by atoms with van der Waals surface area (Å²) in [5, 5.41) is 3.60. The molecule has 0 aliphatic carbocycles. The third-order valence-electron chi connectivity index (χ3n) is 3.73. The minimum Gasteiger partial charge on any atom is -0.372 e. The van der Waals surface area contributed by atoms with Gasteiger partial charge in [-0.3, -0.25) is 4.90 Å². The summed E-state index contributed by atoms with van der Waals surface area (Å²) in [6.07, 6.45) is 6.18. The lowest BCUT2D eigenvalue weighted by Gasteiger charge is -2.34. The number of ether oxygens (including phenoxy) is 1. The average Bonchev–Trinajstić information content (AvgIpc) is 2.59. The quantitative estimate of drug-likeness (QED) is 0.745. The third-order valence-corrected chi connectivity index (χ3v) is 3.73. The number of likely N-dealkylation sites (tertiary alicyclic amines) is 1. The van der Waals surface area contributed by atoms with Crippen molar-refractivity contribution in [3.63, 3.8) is 0 Å². The van der Waals surface area contributed by atoms with E-state index in [0.717, 1.165) is 19.6 Å². The zero-order chi connectivity index (χ0) is 11.4. The molecule has 94 valence electrons. The van der Waals surface area contributed by atoms with Crippen molar-refractivity contribution in [2.75, 3.05) is 26.2 Å². The first-order chi connectivity index (χ1) is 7.81. The van der Waals surface area contributed by atoms with E-state index in [1.807, 2.05) is 0 Å². The highest BCUT2D eigenvalue weighted by Gasteiger charge is 2.34. The number of nitrogens with one attached hydrogen (secondary N) is 1. The fourth-order valence-corrected chi connectivity index (χ4v) is 3.05. The Morgan fingerprint density at radius 2 is 1.94 bits per heavy atom. The van der Waals surface area contributed by atoms with Gasteiger partial charge < -0.3 is 10.1 Å². The number of hydrogen-bond donors (Lipinski definition) is 1. The molecule has 2 rings (SSSR count). The summed E-state index contributed by atoms with van der Waals surface area (Å²) in [4.78, 5) is 2.61. The first-order valence-corrected chi connectivity index (χ1v) is 6.93. The molecule has 0 aromatic carbocycles. The topological polar surface area (TPSA) is 24.5 Å². The van der Waals surface area contributed by atoms with Crippen LogP contribution in [0.3, 0.4) is 0 Å². The maximum atomic E-state index is 5.87. The highest BCUT2D eigenvalue weighted by Crippen LogP contribution is 2.26. The normalized spacial score (nSPS) is 31.9. The second-order valence-electron chi connectivity index (χ2n) is 5.22. The molecule has 0 spiro atoms. The first-order valence-electron chi connectivity index (χ1n) is 6.93. The summed E-state index contributed by atoms with van der Waals surface area (Å²) < 4.78 is 5.87. The highest BCUT2D eigenvalue weighted by molar-refractivity contribution is 4.86. The number of nitrogens with zero attached hydrogens (tertiary/aromatic N) is 1. The van der Waals surface area contributed by atoms with Crippen molar-refractivity contribution >= 4 is 0 Å². The predicted octanol–water partition coefficient (Wildman–Crippen LogP) is 1.63. The van der Waals surface area contributed by atoms with Gasteiger partial charge in [-0.1, -0.05) is 20.3 Å². The molecule has 3 unspecified atom stereocenters. The van der Waals surface area contributed by atoms with Crippen molar-refractivity contribution < 1.29 is 4.74 Å². The fourth-order valence-electron chi connectivity index (χ4n) is 3.05. The van der Waals surface area contributed by atoms with E-state index in [0.29, 0.717) is 18.2 Å². The molecule has 16 heavy (non-hydrogen) atoms. The summed E-state index contributed by atoms with van der Waals surface area (Å²) >= 11 is 0. The Labute approximate surface area is 99.5 Å². The second-order valence-corrected chi connectivity index (χ2v) is 5.22. The maximum Gasteiger partial charge on any atom is 0.0707 e. The number of hydrogen-bond acceptors (Lipinski definition) is 3. The zero-order valence-electron chi connectivity index (χ0n) is 10.7. The van der Waals surface area contributed by atoms with Gasteiger partial charge in [0.1, 0.15) is 0 Å². The lowest BCUT2D eigenvalue weighted by atomic mass is 10.1. The van der Waals surface area contributed by atoms with Crippen LogP contribution in [0, 0.1) is 0 Å². The second kappa shape index (κ2) is 5.99. The van der Waals surface area contributed by atoms with Crippen LogP contribution < -0.4 is 5.32 Å². The minimum atomic E-state index is 0.530. The van der Waals surface area contributed by atoms with Crippen LogP contribution >= 0.6 is 0 Å². The van der Waals surface area contributed by atoms with E-state index < -0.39 is 0 Å². The van der Waals surface area contributed by atoms with Gasteiger partial charge in [0.2, 0.25) is 0 Å². The Bertz CT molecular complexity index is 192. The molecule has 2 aliphatic rings. The van der Waals surface area contributed by atoms with Crippen molar-refractivity contribution in [3.05, 3.63) is 0 Å². The molecule has 3 heteroatoms. The van der Waals surface area contributed by atoms with Crippen LogP contribution in [-0.4, -0.2) is 49.3 Å². The largest absolute Gasteiger partial charge is 0.372 e. The van der Waals surface area contributed by atoms with E-state index >= 15 is 0 Å². The molecule has 3 nitrogen and oxygen atoms in total. The van der Waals surface area contributed by atoms with Crippen LogP contribution in [0.15, 0.2) is 0 Å². The van der Waals surface area contributed by atoms with Gasteiger partial charge in [0.05, 0.1) is 12.2 Å². The summed E-state index contributed by atoms with van der Waals surface area (Å²) in [6.45, 7) is 9.07. The summed E-state index contributed by atoms with van der Waals surface area (Å²) in [5.74, 6) is 0. The van der Waals surface area contributed by atoms with Crippen LogP contribution in [0.5, 0.6) is 0 Å². The number of fused-ring (bicyclic) bond motifs is 2. The van der Waals surface area contributed by atoms with Crippen molar-refractivity contribution in [2.24, 2.45) is 0 Å². The first kappa shape index (κ1) is 12.3. The van der Waals surface area contributed by atoms with E-state index in [2.05, 4.69) is 24.1 Å². The highest BCUT2D eigenvalue weighted by atomic mass is 16.5. The molecule has 0 aromatic rings. The van der Waals surface area contributed by atoms with Crippen molar-refractivity contribution in [1.29, 1.82) is 0 Å². The van der Waals surface area contributed by atoms with Gasteiger partial charge in [0.15, 0.2) is 0 Å². The van der Waals surface area contributed by atoms with Crippen LogP contribution in [0.2, 0.25) is 0 Å². The van der Waals surface area contributed by atoms with E-state index in [4.69, 9.17) is 4.74 Å². The van der Waals surface area contributed by atoms with E-state index in [1.54, 1.807) is 0 Å². The van der Waals surface area contributed by atoms with Crippen LogP contribution in [0.1, 0.15) is 39.5 Å². The molecule has 2 heterocycles. The SMILES string of the molecule is CCCC(CN1CC2CCC(C1)O2)NCC. The summed E-state index contributed by atoms with van der Waals surface area (Å²) in [5.41, 5.74) is 0. The minimum absolute atomic E-state index is 0.530. The van der Waals surface area contributed by atoms with Gasteiger partial charge >= 0.3 is 0 Å². The lowest BCUT2D eigenvalue weighted by Crippen LogP contribution is -2.48. The molecule has 0 amide bonds. The van der Waals surface area contributed by atoms with Gasteiger partial charge in [-0.2, -0.15) is 0 Å². The van der Waals surface area contributed by atoms with Gasteiger partial charge in [-0.15, -0.1) is 0 Å². The molecule has 0 saturated carbocycles. The van der Waals surface area contributed by atoms with Crippen molar-refractivity contribution in [1.82, 2.24) is 10.2 Å². The lowest BCUT2D eigenvalue weighted by molar-refractivity contribution is -0.0408. The average molecular weight is 226 g/mol. The van der Waals surface area contributed by atoms with Crippen molar-refractivity contribution in [2.45, 2.75) is 57.8 Å². The van der Waals surface area contributed by atoms with Crippen LogP contribution in [0.25, 0.3) is 0 Å². The molecular weight excluding hydrogens is 200 g/mol. The molecular formula is C13H26N2O. The van der Waals surface area contributed by atoms with Gasteiger partial charge in [0.25, 0.3) is 0 Å². The van der Waals surface area contributed by atoms with E-state index in [1.165, 1.54) is 32.2 Å². The molecule has 0 aromatic heterocycles. The summed E-state index contributed by atoms with van der Waals surface area (Å²) in [6, 6.07) is 0.674. The Morgan fingerprint density at radius 1 is 1.25 bits per heavy atom. The third kappa shape index (κ3) is 3.19. The molecule has 0 radical (unpaired) electrons. The Kier molecular flexibility index (Phi) is 4.62. The number of likely N-dealkylation sites (N-methyl/N-ethyl adjacent to an activating group) is 1. The molecule has 3 atom stereocenters. The number of rotatable bonds is 6. The fraction of sp³-hybridized carbons (Fsp3) is 1.00. The Morgan fingerprint density at radius 3 is 2.50 bits per heavy atom. The smallest absolute Gasteiger partial charge is 0.0707 e. The van der Waals surface area contributed by atoms with E-state index in [-0.39, 0.29) is 0 Å². The monoisotopic (exact) mass is 226 g/mol. The molecule has 2 aliphatic heterocycles. The van der Waals surface area contributed by atoms with Crippen molar-refractivity contribution in [3.8, 4) is 0 Å². The van der Waals surface area contributed by atoms with Crippen LogP contribution in [0.4, 0.5) is 0 Å².